The molecule has 0 spiro atoms. The number of nitrogens with one attached hydrogen (secondary N) is 1. The van der Waals surface area contributed by atoms with Crippen molar-refractivity contribution in [2.45, 2.75) is 32.4 Å². The summed E-state index contributed by atoms with van der Waals surface area (Å²) in [5, 5.41) is 3.40. The summed E-state index contributed by atoms with van der Waals surface area (Å²) >= 11 is 0. The highest BCUT2D eigenvalue weighted by atomic mass is 19.1. The maximum atomic E-state index is 12.7. The smallest absolute Gasteiger partial charge is 0.123 e. The van der Waals surface area contributed by atoms with Gasteiger partial charge in [-0.15, -0.1) is 0 Å². The van der Waals surface area contributed by atoms with Gasteiger partial charge in [-0.1, -0.05) is 19.1 Å². The summed E-state index contributed by atoms with van der Waals surface area (Å²) in [5.74, 6) is -0.167. The molecule has 0 aromatic heterocycles. The lowest BCUT2D eigenvalue weighted by Crippen LogP contribution is -2.33. The highest BCUT2D eigenvalue weighted by Gasteiger charge is 2.26. The molecule has 0 aliphatic heterocycles. The molecule has 1 saturated carbocycles. The van der Waals surface area contributed by atoms with Gasteiger partial charge in [0.25, 0.3) is 0 Å². The number of nitrogens with zero attached hydrogens (tertiary/aromatic N) is 1. The monoisotopic (exact) mass is 236 g/mol. The van der Waals surface area contributed by atoms with Crippen molar-refractivity contribution in [1.82, 2.24) is 10.2 Å². The van der Waals surface area contributed by atoms with Crippen LogP contribution >= 0.6 is 0 Å². The quantitative estimate of drug-likeness (QED) is 0.731. The first-order chi connectivity index (χ1) is 8.29. The lowest BCUT2D eigenvalue weighted by Gasteiger charge is -2.19. The van der Waals surface area contributed by atoms with Crippen molar-refractivity contribution in [3.8, 4) is 0 Å². The zero-order chi connectivity index (χ0) is 12.1. The van der Waals surface area contributed by atoms with E-state index >= 15 is 0 Å². The molecule has 1 N–H and O–H groups in total. The van der Waals surface area contributed by atoms with Crippen LogP contribution in [0.15, 0.2) is 24.3 Å². The molecule has 94 valence electrons. The third kappa shape index (κ3) is 4.10. The SMILES string of the molecule is CCN(CCNCc1ccc(F)cc1)C1CC1. The molecule has 3 heteroatoms. The molecule has 0 heterocycles. The van der Waals surface area contributed by atoms with Gasteiger partial charge in [-0.2, -0.15) is 0 Å². The predicted octanol–water partition coefficient (Wildman–Crippen LogP) is 2.40. The molecule has 2 nitrogen and oxygen atoms in total. The molecule has 0 saturated heterocycles. The van der Waals surface area contributed by atoms with Crippen LogP contribution in [0.5, 0.6) is 0 Å². The molecule has 0 radical (unpaired) electrons. The van der Waals surface area contributed by atoms with Crippen LogP contribution in [-0.4, -0.2) is 30.6 Å². The molecule has 0 unspecified atom stereocenters. The van der Waals surface area contributed by atoms with Gasteiger partial charge in [0.05, 0.1) is 0 Å². The maximum Gasteiger partial charge on any atom is 0.123 e. The number of benzene rings is 1. The van der Waals surface area contributed by atoms with Gasteiger partial charge in [0.2, 0.25) is 0 Å². The van der Waals surface area contributed by atoms with E-state index in [1.165, 1.54) is 25.0 Å². The molecule has 2 rings (SSSR count). The van der Waals surface area contributed by atoms with E-state index in [1.807, 2.05) is 12.1 Å². The van der Waals surface area contributed by atoms with E-state index in [4.69, 9.17) is 0 Å². The molecular weight excluding hydrogens is 215 g/mol. The average molecular weight is 236 g/mol. The predicted molar refractivity (Wildman–Crippen MR) is 68.4 cm³/mol. The van der Waals surface area contributed by atoms with Crippen molar-refractivity contribution in [2.75, 3.05) is 19.6 Å². The molecule has 0 atom stereocenters. The van der Waals surface area contributed by atoms with Crippen molar-refractivity contribution in [1.29, 1.82) is 0 Å². The fraction of sp³-hybridized carbons (Fsp3) is 0.571. The summed E-state index contributed by atoms with van der Waals surface area (Å²) < 4.78 is 12.7. The van der Waals surface area contributed by atoms with Crippen LogP contribution in [0, 0.1) is 5.82 Å². The molecule has 1 aromatic carbocycles. The van der Waals surface area contributed by atoms with E-state index in [0.29, 0.717) is 0 Å². The maximum absolute atomic E-state index is 12.7. The largest absolute Gasteiger partial charge is 0.311 e. The van der Waals surface area contributed by atoms with Gasteiger partial charge in [0.1, 0.15) is 5.82 Å². The van der Waals surface area contributed by atoms with Crippen LogP contribution < -0.4 is 5.32 Å². The first-order valence-corrected chi connectivity index (χ1v) is 6.49. The molecule has 0 amide bonds. The Hall–Kier alpha value is -0.930. The summed E-state index contributed by atoms with van der Waals surface area (Å²) in [6.07, 6.45) is 2.73. The second-order valence-corrected chi connectivity index (χ2v) is 4.66. The Morgan fingerprint density at radius 1 is 1.29 bits per heavy atom. The minimum atomic E-state index is -0.167. The van der Waals surface area contributed by atoms with E-state index in [-0.39, 0.29) is 5.82 Å². The Morgan fingerprint density at radius 3 is 2.59 bits per heavy atom. The zero-order valence-electron chi connectivity index (χ0n) is 10.5. The molecule has 1 aliphatic carbocycles. The van der Waals surface area contributed by atoms with Gasteiger partial charge in [-0.25, -0.2) is 4.39 Å². The first-order valence-electron chi connectivity index (χ1n) is 6.49. The van der Waals surface area contributed by atoms with Gasteiger partial charge >= 0.3 is 0 Å². The Balaban J connectivity index is 1.63. The van der Waals surface area contributed by atoms with Gasteiger partial charge < -0.3 is 5.32 Å². The fourth-order valence-electron chi connectivity index (χ4n) is 2.10. The zero-order valence-corrected chi connectivity index (χ0v) is 10.5. The summed E-state index contributed by atoms with van der Waals surface area (Å²) in [7, 11) is 0. The normalized spacial score (nSPS) is 15.5. The second-order valence-electron chi connectivity index (χ2n) is 4.66. The van der Waals surface area contributed by atoms with Crippen LogP contribution in [0.4, 0.5) is 4.39 Å². The lowest BCUT2D eigenvalue weighted by atomic mass is 10.2. The number of hydrogen-bond donors (Lipinski definition) is 1. The fourth-order valence-corrected chi connectivity index (χ4v) is 2.10. The standard InChI is InChI=1S/C14H21FN2/c1-2-17(14-7-8-14)10-9-16-11-12-3-5-13(15)6-4-12/h3-6,14,16H,2,7-11H2,1H3. The van der Waals surface area contributed by atoms with Gasteiger partial charge in [-0.3, -0.25) is 4.90 Å². The van der Waals surface area contributed by atoms with Crippen LogP contribution in [0.3, 0.4) is 0 Å². The van der Waals surface area contributed by atoms with E-state index in [2.05, 4.69) is 17.1 Å². The average Bonchev–Trinajstić information content (AvgIpc) is 3.16. The van der Waals surface area contributed by atoms with Gasteiger partial charge in [0, 0.05) is 25.7 Å². The van der Waals surface area contributed by atoms with Crippen molar-refractivity contribution in [3.63, 3.8) is 0 Å². The lowest BCUT2D eigenvalue weighted by molar-refractivity contribution is 0.277. The molecule has 17 heavy (non-hydrogen) atoms. The number of rotatable bonds is 7. The topological polar surface area (TPSA) is 15.3 Å². The number of likely N-dealkylation sites (N-methyl/N-ethyl adjacent to an activating group) is 1. The Labute approximate surface area is 103 Å². The van der Waals surface area contributed by atoms with Crippen molar-refractivity contribution in [2.24, 2.45) is 0 Å². The molecule has 1 aliphatic rings. The van der Waals surface area contributed by atoms with Crippen molar-refractivity contribution >= 4 is 0 Å². The third-order valence-electron chi connectivity index (χ3n) is 3.29. The highest BCUT2D eigenvalue weighted by Crippen LogP contribution is 2.25. The van der Waals surface area contributed by atoms with Crippen LogP contribution in [0.25, 0.3) is 0 Å². The summed E-state index contributed by atoms with van der Waals surface area (Å²) in [4.78, 5) is 2.53. The molecular formula is C14H21FN2. The van der Waals surface area contributed by atoms with Crippen molar-refractivity contribution in [3.05, 3.63) is 35.6 Å². The van der Waals surface area contributed by atoms with Crippen LogP contribution in [0.2, 0.25) is 0 Å². The number of hydrogen-bond acceptors (Lipinski definition) is 2. The summed E-state index contributed by atoms with van der Waals surface area (Å²) in [5.41, 5.74) is 1.14. The van der Waals surface area contributed by atoms with Crippen LogP contribution in [0.1, 0.15) is 25.3 Å². The van der Waals surface area contributed by atoms with Gasteiger partial charge in [0.15, 0.2) is 0 Å². The van der Waals surface area contributed by atoms with E-state index in [0.717, 1.165) is 37.8 Å². The van der Waals surface area contributed by atoms with E-state index in [9.17, 15) is 4.39 Å². The Bertz CT molecular complexity index is 333. The second kappa shape index (κ2) is 6.12. The highest BCUT2D eigenvalue weighted by molar-refractivity contribution is 5.15. The number of halogens is 1. The summed E-state index contributed by atoms with van der Waals surface area (Å²) in [6.45, 7) is 6.30. The Morgan fingerprint density at radius 2 is 2.00 bits per heavy atom. The Kier molecular flexibility index (Phi) is 4.51. The van der Waals surface area contributed by atoms with E-state index in [1.54, 1.807) is 0 Å². The van der Waals surface area contributed by atoms with E-state index < -0.39 is 0 Å². The minimum Gasteiger partial charge on any atom is -0.311 e. The van der Waals surface area contributed by atoms with Gasteiger partial charge in [-0.05, 0) is 37.1 Å². The molecule has 1 aromatic rings. The third-order valence-corrected chi connectivity index (χ3v) is 3.29. The summed E-state index contributed by atoms with van der Waals surface area (Å²) in [6, 6.07) is 7.54. The minimum absolute atomic E-state index is 0.167. The first kappa shape index (κ1) is 12.5. The van der Waals surface area contributed by atoms with Crippen LogP contribution in [-0.2, 0) is 6.54 Å². The molecule has 1 fully saturated rings. The molecule has 0 bridgehead atoms. The van der Waals surface area contributed by atoms with Crippen molar-refractivity contribution < 1.29 is 4.39 Å².